The molecule has 0 atom stereocenters. The summed E-state index contributed by atoms with van der Waals surface area (Å²) in [5.41, 5.74) is 0.930. The summed E-state index contributed by atoms with van der Waals surface area (Å²) in [6.45, 7) is 2.04. The lowest BCUT2D eigenvalue weighted by Gasteiger charge is -2.32. The standard InChI is InChI=1S/C19H23ClN4O3/c1-21-18(25)12-27-19(26)22-11-13-6-8-24(9-7-13)17-5-2-14-10-15(20)3-4-16(14)23-17/h2-5,10,13H,6-9,11-12H2,1H3,(H,21,25)(H,22,26). The Morgan fingerprint density at radius 3 is 2.78 bits per heavy atom. The molecule has 3 rings (SSSR count). The van der Waals surface area contributed by atoms with Crippen molar-refractivity contribution in [2.45, 2.75) is 12.8 Å². The van der Waals surface area contributed by atoms with E-state index in [2.05, 4.69) is 15.5 Å². The van der Waals surface area contributed by atoms with Crippen LogP contribution in [-0.2, 0) is 9.53 Å². The first kappa shape index (κ1) is 19.2. The van der Waals surface area contributed by atoms with E-state index in [1.54, 1.807) is 0 Å². The first-order valence-corrected chi connectivity index (χ1v) is 9.35. The van der Waals surface area contributed by atoms with Crippen LogP contribution in [0.3, 0.4) is 0 Å². The van der Waals surface area contributed by atoms with Crippen LogP contribution in [0.1, 0.15) is 12.8 Å². The van der Waals surface area contributed by atoms with Crippen molar-refractivity contribution in [3.05, 3.63) is 35.4 Å². The van der Waals surface area contributed by atoms with E-state index in [4.69, 9.17) is 21.3 Å². The highest BCUT2D eigenvalue weighted by molar-refractivity contribution is 6.31. The van der Waals surface area contributed by atoms with Crippen LogP contribution >= 0.6 is 11.6 Å². The van der Waals surface area contributed by atoms with Crippen molar-refractivity contribution in [2.75, 3.05) is 38.2 Å². The molecule has 1 aromatic carbocycles. The van der Waals surface area contributed by atoms with Gasteiger partial charge >= 0.3 is 6.09 Å². The van der Waals surface area contributed by atoms with Gasteiger partial charge in [-0.05, 0) is 49.1 Å². The van der Waals surface area contributed by atoms with Gasteiger partial charge in [0.25, 0.3) is 5.91 Å². The predicted octanol–water partition coefficient (Wildman–Crippen LogP) is 2.58. The number of amides is 2. The molecule has 0 bridgehead atoms. The zero-order chi connectivity index (χ0) is 19.2. The third kappa shape index (κ3) is 5.23. The summed E-state index contributed by atoms with van der Waals surface area (Å²) in [4.78, 5) is 29.6. The van der Waals surface area contributed by atoms with Crippen molar-refractivity contribution >= 4 is 40.3 Å². The van der Waals surface area contributed by atoms with Crippen LogP contribution in [0.4, 0.5) is 10.6 Å². The van der Waals surface area contributed by atoms with E-state index in [0.29, 0.717) is 17.5 Å². The lowest BCUT2D eigenvalue weighted by atomic mass is 9.97. The van der Waals surface area contributed by atoms with E-state index >= 15 is 0 Å². The number of hydrogen-bond donors (Lipinski definition) is 2. The molecule has 1 aromatic heterocycles. The summed E-state index contributed by atoms with van der Waals surface area (Å²) in [7, 11) is 1.50. The summed E-state index contributed by atoms with van der Waals surface area (Å²) < 4.78 is 4.83. The van der Waals surface area contributed by atoms with Crippen molar-refractivity contribution in [3.63, 3.8) is 0 Å². The third-order valence-corrected chi connectivity index (χ3v) is 4.96. The number of rotatable bonds is 5. The smallest absolute Gasteiger partial charge is 0.407 e. The molecule has 1 aliphatic heterocycles. The molecule has 2 aromatic rings. The molecule has 7 nitrogen and oxygen atoms in total. The Balaban J connectivity index is 1.47. The SMILES string of the molecule is CNC(=O)COC(=O)NCC1CCN(c2ccc3cc(Cl)ccc3n2)CC1. The average molecular weight is 391 g/mol. The molecule has 2 N–H and O–H groups in total. The Hall–Kier alpha value is -2.54. The fourth-order valence-electron chi connectivity index (χ4n) is 3.11. The maximum atomic E-state index is 11.6. The molecule has 2 amide bonds. The van der Waals surface area contributed by atoms with Crippen molar-refractivity contribution < 1.29 is 14.3 Å². The molecule has 0 spiro atoms. The lowest BCUT2D eigenvalue weighted by molar-refractivity contribution is -0.123. The first-order chi connectivity index (χ1) is 13.0. The highest BCUT2D eigenvalue weighted by Crippen LogP contribution is 2.25. The number of hydrogen-bond acceptors (Lipinski definition) is 5. The number of nitrogens with one attached hydrogen (secondary N) is 2. The van der Waals surface area contributed by atoms with Crippen LogP contribution in [0.5, 0.6) is 0 Å². The van der Waals surface area contributed by atoms with Gasteiger partial charge in [-0.3, -0.25) is 4.79 Å². The number of carbonyl (C=O) groups is 2. The fraction of sp³-hybridized carbons (Fsp3) is 0.421. The quantitative estimate of drug-likeness (QED) is 0.819. The van der Waals surface area contributed by atoms with E-state index in [9.17, 15) is 9.59 Å². The molecule has 0 radical (unpaired) electrons. The second-order valence-electron chi connectivity index (χ2n) is 6.57. The molecule has 144 valence electrons. The number of aromatic nitrogens is 1. The minimum atomic E-state index is -0.559. The van der Waals surface area contributed by atoms with Gasteiger partial charge in [0.15, 0.2) is 6.61 Å². The molecule has 0 aliphatic carbocycles. The number of nitrogens with zero attached hydrogens (tertiary/aromatic N) is 2. The number of ether oxygens (including phenoxy) is 1. The summed E-state index contributed by atoms with van der Waals surface area (Å²) in [5, 5.41) is 6.86. The Bertz CT molecular complexity index is 822. The molecule has 0 unspecified atom stereocenters. The minimum absolute atomic E-state index is 0.264. The van der Waals surface area contributed by atoms with E-state index in [-0.39, 0.29) is 12.5 Å². The molecule has 0 saturated carbocycles. The molecule has 1 aliphatic rings. The number of halogens is 1. The number of piperidine rings is 1. The van der Waals surface area contributed by atoms with Gasteiger partial charge in [-0.2, -0.15) is 0 Å². The normalized spacial score (nSPS) is 14.8. The van der Waals surface area contributed by atoms with Gasteiger partial charge < -0.3 is 20.3 Å². The van der Waals surface area contributed by atoms with Crippen LogP contribution in [0.15, 0.2) is 30.3 Å². The predicted molar refractivity (Wildman–Crippen MR) is 105 cm³/mol. The van der Waals surface area contributed by atoms with Gasteiger partial charge in [0.05, 0.1) is 5.52 Å². The number of likely N-dealkylation sites (N-methyl/N-ethyl adjacent to an activating group) is 1. The Labute approximate surface area is 163 Å². The highest BCUT2D eigenvalue weighted by atomic mass is 35.5. The van der Waals surface area contributed by atoms with Gasteiger partial charge in [-0.25, -0.2) is 9.78 Å². The number of benzene rings is 1. The van der Waals surface area contributed by atoms with Crippen molar-refractivity contribution in [1.82, 2.24) is 15.6 Å². The van der Waals surface area contributed by atoms with Crippen LogP contribution < -0.4 is 15.5 Å². The molecule has 1 fully saturated rings. The van der Waals surface area contributed by atoms with E-state index in [1.165, 1.54) is 7.05 Å². The van der Waals surface area contributed by atoms with Crippen LogP contribution in [0.25, 0.3) is 10.9 Å². The lowest BCUT2D eigenvalue weighted by Crippen LogP contribution is -2.39. The Morgan fingerprint density at radius 2 is 2.04 bits per heavy atom. The number of carbonyl (C=O) groups excluding carboxylic acids is 2. The molecular formula is C19H23ClN4O3. The largest absolute Gasteiger partial charge is 0.439 e. The first-order valence-electron chi connectivity index (χ1n) is 8.97. The van der Waals surface area contributed by atoms with E-state index in [0.717, 1.165) is 42.7 Å². The topological polar surface area (TPSA) is 83.6 Å². The van der Waals surface area contributed by atoms with Crippen molar-refractivity contribution in [2.24, 2.45) is 5.92 Å². The number of pyridine rings is 1. The van der Waals surface area contributed by atoms with Gasteiger partial charge in [0, 0.05) is 37.1 Å². The maximum absolute atomic E-state index is 11.6. The highest BCUT2D eigenvalue weighted by Gasteiger charge is 2.21. The van der Waals surface area contributed by atoms with E-state index < -0.39 is 6.09 Å². The number of anilines is 1. The molecule has 1 saturated heterocycles. The van der Waals surface area contributed by atoms with Crippen LogP contribution in [0, 0.1) is 5.92 Å². The van der Waals surface area contributed by atoms with Crippen molar-refractivity contribution in [1.29, 1.82) is 0 Å². The second kappa shape index (κ2) is 8.90. The molecule has 27 heavy (non-hydrogen) atoms. The Morgan fingerprint density at radius 1 is 1.26 bits per heavy atom. The average Bonchev–Trinajstić information content (AvgIpc) is 2.70. The summed E-state index contributed by atoms with van der Waals surface area (Å²) >= 11 is 6.02. The maximum Gasteiger partial charge on any atom is 0.407 e. The zero-order valence-electron chi connectivity index (χ0n) is 15.2. The summed E-state index contributed by atoms with van der Waals surface area (Å²) in [5.74, 6) is 1.01. The monoisotopic (exact) mass is 390 g/mol. The van der Waals surface area contributed by atoms with Gasteiger partial charge in [-0.1, -0.05) is 11.6 Å². The second-order valence-corrected chi connectivity index (χ2v) is 7.00. The van der Waals surface area contributed by atoms with Crippen LogP contribution in [-0.4, -0.2) is 50.3 Å². The van der Waals surface area contributed by atoms with Gasteiger partial charge in [0.1, 0.15) is 5.82 Å². The number of alkyl carbamates (subject to hydrolysis) is 1. The van der Waals surface area contributed by atoms with Crippen LogP contribution in [0.2, 0.25) is 5.02 Å². The van der Waals surface area contributed by atoms with Gasteiger partial charge in [-0.15, -0.1) is 0 Å². The molecule has 8 heteroatoms. The third-order valence-electron chi connectivity index (χ3n) is 4.72. The summed E-state index contributed by atoms with van der Waals surface area (Å²) in [6.07, 6.45) is 1.35. The molecular weight excluding hydrogens is 368 g/mol. The van der Waals surface area contributed by atoms with Crippen molar-refractivity contribution in [3.8, 4) is 0 Å². The summed E-state index contributed by atoms with van der Waals surface area (Å²) in [6, 6.07) is 9.76. The minimum Gasteiger partial charge on any atom is -0.439 e. The fourth-order valence-corrected chi connectivity index (χ4v) is 3.29. The zero-order valence-corrected chi connectivity index (χ0v) is 16.0. The van der Waals surface area contributed by atoms with Gasteiger partial charge in [0.2, 0.25) is 0 Å². The number of fused-ring (bicyclic) bond motifs is 1. The molecule has 2 heterocycles. The van der Waals surface area contributed by atoms with E-state index in [1.807, 2.05) is 30.3 Å². The Kier molecular flexibility index (Phi) is 6.34.